The highest BCUT2D eigenvalue weighted by molar-refractivity contribution is 7.98. The number of nitrogens with one attached hydrogen (secondary N) is 1. The molecule has 0 rings (SSSR count). The summed E-state index contributed by atoms with van der Waals surface area (Å²) in [6.07, 6.45) is 6.82. The van der Waals surface area contributed by atoms with Gasteiger partial charge in [0.1, 0.15) is 0 Å². The van der Waals surface area contributed by atoms with E-state index in [-0.39, 0.29) is 16.8 Å². The van der Waals surface area contributed by atoms with Gasteiger partial charge in [0.05, 0.1) is 10.9 Å². The highest BCUT2D eigenvalue weighted by atomic mass is 32.2. The minimum atomic E-state index is -0.355. The zero-order valence-electron chi connectivity index (χ0n) is 10.1. The zero-order chi connectivity index (χ0) is 12.4. The van der Waals surface area contributed by atoms with Crippen LogP contribution in [0.25, 0.3) is 0 Å². The van der Waals surface area contributed by atoms with E-state index in [1.165, 1.54) is 25.0 Å². The zero-order valence-corrected chi connectivity index (χ0v) is 11.8. The second kappa shape index (κ2) is 9.90. The second-order valence-electron chi connectivity index (χ2n) is 3.82. The molecular formula is C11H22N2OS2. The molecule has 0 aliphatic carbocycles. The first kappa shape index (κ1) is 15.7. The number of nitrogens with two attached hydrogens (primary N) is 1. The molecular weight excluding hydrogens is 240 g/mol. The normalized spacial score (nSPS) is 12.1. The fraction of sp³-hybridized carbons (Fsp3) is 0.818. The van der Waals surface area contributed by atoms with Gasteiger partial charge in [0.15, 0.2) is 0 Å². The third-order valence-corrected chi connectivity index (χ3v) is 3.45. The van der Waals surface area contributed by atoms with Gasteiger partial charge in [0.25, 0.3) is 0 Å². The summed E-state index contributed by atoms with van der Waals surface area (Å²) < 4.78 is 0. The van der Waals surface area contributed by atoms with Gasteiger partial charge in [-0.2, -0.15) is 11.8 Å². The highest BCUT2D eigenvalue weighted by Crippen LogP contribution is 2.04. The van der Waals surface area contributed by atoms with E-state index in [9.17, 15) is 4.79 Å². The first-order valence-corrected chi connectivity index (χ1v) is 7.45. The van der Waals surface area contributed by atoms with Crippen LogP contribution in [0.3, 0.4) is 0 Å². The molecule has 0 aromatic carbocycles. The van der Waals surface area contributed by atoms with Gasteiger partial charge in [-0.25, -0.2) is 0 Å². The molecule has 0 fully saturated rings. The summed E-state index contributed by atoms with van der Waals surface area (Å²) in [6, 6.07) is 0. The van der Waals surface area contributed by atoms with Crippen molar-refractivity contribution in [1.29, 1.82) is 0 Å². The van der Waals surface area contributed by atoms with Crippen LogP contribution in [0.4, 0.5) is 0 Å². The van der Waals surface area contributed by atoms with Crippen LogP contribution in [0.1, 0.15) is 32.6 Å². The Labute approximate surface area is 108 Å². The maximum Gasteiger partial charge on any atom is 0.229 e. The SMILES string of the molecule is CSCCCCCCNC(=O)C(C)C(N)=S. The number of rotatable bonds is 9. The van der Waals surface area contributed by atoms with Crippen molar-refractivity contribution in [3.05, 3.63) is 0 Å². The lowest BCUT2D eigenvalue weighted by molar-refractivity contribution is -0.122. The molecule has 0 bridgehead atoms. The number of carbonyl (C=O) groups excluding carboxylic acids is 1. The van der Waals surface area contributed by atoms with Crippen molar-refractivity contribution >= 4 is 34.9 Å². The van der Waals surface area contributed by atoms with E-state index in [1.54, 1.807) is 6.92 Å². The van der Waals surface area contributed by atoms with Crippen LogP contribution in [0, 0.1) is 5.92 Å². The van der Waals surface area contributed by atoms with E-state index in [0.717, 1.165) is 13.0 Å². The molecule has 16 heavy (non-hydrogen) atoms. The van der Waals surface area contributed by atoms with Crippen molar-refractivity contribution in [2.75, 3.05) is 18.6 Å². The molecule has 3 nitrogen and oxygen atoms in total. The Bertz CT molecular complexity index is 222. The maximum atomic E-state index is 11.4. The van der Waals surface area contributed by atoms with Gasteiger partial charge in [0, 0.05) is 6.54 Å². The Morgan fingerprint density at radius 1 is 1.38 bits per heavy atom. The fourth-order valence-electron chi connectivity index (χ4n) is 1.22. The number of thiocarbonyl (C=S) groups is 1. The first-order chi connectivity index (χ1) is 7.59. The third kappa shape index (κ3) is 7.93. The number of hydrogen-bond acceptors (Lipinski definition) is 3. The van der Waals surface area contributed by atoms with Crippen LogP contribution < -0.4 is 11.1 Å². The molecule has 94 valence electrons. The van der Waals surface area contributed by atoms with Gasteiger partial charge < -0.3 is 11.1 Å². The Morgan fingerprint density at radius 3 is 2.56 bits per heavy atom. The molecule has 0 heterocycles. The van der Waals surface area contributed by atoms with Crippen molar-refractivity contribution in [2.45, 2.75) is 32.6 Å². The molecule has 0 aliphatic heterocycles. The fourth-order valence-corrected chi connectivity index (χ4v) is 1.82. The van der Waals surface area contributed by atoms with E-state index in [4.69, 9.17) is 18.0 Å². The smallest absolute Gasteiger partial charge is 0.229 e. The predicted molar refractivity (Wildman–Crippen MR) is 75.8 cm³/mol. The van der Waals surface area contributed by atoms with Gasteiger partial charge >= 0.3 is 0 Å². The molecule has 0 saturated carbocycles. The molecule has 3 N–H and O–H groups in total. The molecule has 0 aromatic rings. The largest absolute Gasteiger partial charge is 0.393 e. The summed E-state index contributed by atoms with van der Waals surface area (Å²) in [7, 11) is 0. The molecule has 0 aliphatic rings. The topological polar surface area (TPSA) is 55.1 Å². The molecule has 0 radical (unpaired) electrons. The number of unbranched alkanes of at least 4 members (excludes halogenated alkanes) is 3. The number of hydrogen-bond donors (Lipinski definition) is 2. The van der Waals surface area contributed by atoms with E-state index in [0.29, 0.717) is 0 Å². The van der Waals surface area contributed by atoms with Gasteiger partial charge in [-0.1, -0.05) is 25.1 Å². The van der Waals surface area contributed by atoms with E-state index >= 15 is 0 Å². The minimum Gasteiger partial charge on any atom is -0.393 e. The van der Waals surface area contributed by atoms with Gasteiger partial charge in [-0.3, -0.25) is 4.79 Å². The molecule has 1 atom stereocenters. The molecule has 0 aromatic heterocycles. The average Bonchev–Trinajstić information content (AvgIpc) is 2.26. The average molecular weight is 262 g/mol. The van der Waals surface area contributed by atoms with Crippen molar-refractivity contribution in [1.82, 2.24) is 5.32 Å². The Balaban J connectivity index is 3.38. The minimum absolute atomic E-state index is 0.0587. The molecule has 1 unspecified atom stereocenters. The lowest BCUT2D eigenvalue weighted by atomic mass is 10.1. The molecule has 0 spiro atoms. The Hall–Kier alpha value is -0.290. The summed E-state index contributed by atoms with van der Waals surface area (Å²) >= 11 is 6.64. The Morgan fingerprint density at radius 2 is 2.00 bits per heavy atom. The monoisotopic (exact) mass is 262 g/mol. The Kier molecular flexibility index (Phi) is 9.72. The predicted octanol–water partition coefficient (Wildman–Crippen LogP) is 1.95. The summed E-state index contributed by atoms with van der Waals surface area (Å²) in [4.78, 5) is 11.7. The maximum absolute atomic E-state index is 11.4. The lowest BCUT2D eigenvalue weighted by Gasteiger charge is -2.10. The van der Waals surface area contributed by atoms with Crippen molar-refractivity contribution < 1.29 is 4.79 Å². The van der Waals surface area contributed by atoms with Crippen LogP contribution >= 0.6 is 24.0 Å². The van der Waals surface area contributed by atoms with Crippen LogP contribution in [0.5, 0.6) is 0 Å². The van der Waals surface area contributed by atoms with Crippen LogP contribution in [-0.4, -0.2) is 29.4 Å². The van der Waals surface area contributed by atoms with Gasteiger partial charge in [0.2, 0.25) is 5.91 Å². The number of thioether (sulfide) groups is 1. The summed E-state index contributed by atoms with van der Waals surface area (Å²) in [5.74, 6) is 0.813. The van der Waals surface area contributed by atoms with E-state index < -0.39 is 0 Å². The van der Waals surface area contributed by atoms with Gasteiger partial charge in [-0.15, -0.1) is 0 Å². The van der Waals surface area contributed by atoms with Crippen LogP contribution in [0.2, 0.25) is 0 Å². The van der Waals surface area contributed by atoms with Crippen LogP contribution in [0.15, 0.2) is 0 Å². The molecule has 0 saturated heterocycles. The number of amides is 1. The van der Waals surface area contributed by atoms with Gasteiger partial charge in [-0.05, 0) is 31.8 Å². The standard InChI is InChI=1S/C11H22N2OS2/c1-9(10(12)15)11(14)13-7-5-3-4-6-8-16-2/h9H,3-8H2,1-2H3,(H2,12,15)(H,13,14). The lowest BCUT2D eigenvalue weighted by Crippen LogP contribution is -2.36. The van der Waals surface area contributed by atoms with Crippen LogP contribution in [-0.2, 0) is 4.79 Å². The summed E-state index contributed by atoms with van der Waals surface area (Å²) in [6.45, 7) is 2.46. The first-order valence-electron chi connectivity index (χ1n) is 5.65. The molecule has 1 amide bonds. The van der Waals surface area contributed by atoms with Crippen molar-refractivity contribution in [3.63, 3.8) is 0 Å². The second-order valence-corrected chi connectivity index (χ2v) is 5.28. The molecule has 5 heteroatoms. The number of carbonyl (C=O) groups is 1. The highest BCUT2D eigenvalue weighted by Gasteiger charge is 2.14. The summed E-state index contributed by atoms with van der Waals surface area (Å²) in [5.41, 5.74) is 5.39. The van der Waals surface area contributed by atoms with Crippen molar-refractivity contribution in [2.24, 2.45) is 11.7 Å². The quantitative estimate of drug-likeness (QED) is 0.492. The van der Waals surface area contributed by atoms with E-state index in [1.807, 2.05) is 11.8 Å². The van der Waals surface area contributed by atoms with E-state index in [2.05, 4.69) is 11.6 Å². The third-order valence-electron chi connectivity index (χ3n) is 2.39. The summed E-state index contributed by atoms with van der Waals surface area (Å²) in [5, 5.41) is 2.84. The van der Waals surface area contributed by atoms with Crippen molar-refractivity contribution in [3.8, 4) is 0 Å².